The van der Waals surface area contributed by atoms with Gasteiger partial charge in [-0.25, -0.2) is 0 Å². The van der Waals surface area contributed by atoms with Gasteiger partial charge in [-0.3, -0.25) is 9.59 Å². The molecule has 2 amide bonds. The average Bonchev–Trinajstić information content (AvgIpc) is 2.96. The summed E-state index contributed by atoms with van der Waals surface area (Å²) in [6.07, 6.45) is 0. The Morgan fingerprint density at radius 2 is 1.42 bits per heavy atom. The highest BCUT2D eigenvalue weighted by Gasteiger charge is 2.16. The first-order valence-electron chi connectivity index (χ1n) is 12.5. The number of ether oxygens (including phenoxy) is 2. The predicted octanol–water partition coefficient (Wildman–Crippen LogP) is 6.10. The van der Waals surface area contributed by atoms with Crippen LogP contribution in [0.4, 0.5) is 0 Å². The van der Waals surface area contributed by atoms with E-state index in [0.717, 1.165) is 27.8 Å². The van der Waals surface area contributed by atoms with Crippen LogP contribution in [0.25, 0.3) is 11.1 Å². The van der Waals surface area contributed by atoms with Crippen LogP contribution in [0.15, 0.2) is 91.0 Å². The molecule has 4 aromatic carbocycles. The Morgan fingerprint density at radius 1 is 0.763 bits per heavy atom. The molecule has 194 valence electrons. The molecule has 2 N–H and O–H groups in total. The lowest BCUT2D eigenvalue weighted by Crippen LogP contribution is -2.26. The van der Waals surface area contributed by atoms with Crippen molar-refractivity contribution in [1.82, 2.24) is 10.6 Å². The molecule has 0 bridgehead atoms. The van der Waals surface area contributed by atoms with Crippen LogP contribution in [0.2, 0.25) is 0 Å². The molecule has 4 aromatic rings. The fourth-order valence-electron chi connectivity index (χ4n) is 4.34. The number of hydrogen-bond donors (Lipinski definition) is 2. The van der Waals surface area contributed by atoms with Gasteiger partial charge >= 0.3 is 0 Å². The van der Waals surface area contributed by atoms with Crippen molar-refractivity contribution in [1.29, 1.82) is 0 Å². The molecule has 6 nitrogen and oxygen atoms in total. The summed E-state index contributed by atoms with van der Waals surface area (Å²) in [7, 11) is 3.12. The van der Waals surface area contributed by atoms with Crippen molar-refractivity contribution >= 4 is 11.8 Å². The van der Waals surface area contributed by atoms with Crippen molar-refractivity contribution in [2.75, 3.05) is 14.2 Å². The van der Waals surface area contributed by atoms with Gasteiger partial charge in [-0.15, -0.1) is 0 Å². The molecule has 0 spiro atoms. The summed E-state index contributed by atoms with van der Waals surface area (Å²) in [6, 6.07) is 28.8. The van der Waals surface area contributed by atoms with Gasteiger partial charge in [-0.1, -0.05) is 66.7 Å². The Bertz CT molecular complexity index is 1400. The molecule has 6 heteroatoms. The van der Waals surface area contributed by atoms with E-state index in [9.17, 15) is 9.59 Å². The third-order valence-electron chi connectivity index (χ3n) is 6.57. The van der Waals surface area contributed by atoms with Crippen molar-refractivity contribution in [2.24, 2.45) is 0 Å². The van der Waals surface area contributed by atoms with Gasteiger partial charge in [0.25, 0.3) is 11.8 Å². The summed E-state index contributed by atoms with van der Waals surface area (Å²) in [5.41, 5.74) is 5.98. The van der Waals surface area contributed by atoms with Gasteiger partial charge in [-0.05, 0) is 60.4 Å². The number of hydrogen-bond acceptors (Lipinski definition) is 4. The monoisotopic (exact) mass is 508 g/mol. The zero-order chi connectivity index (χ0) is 27.1. The maximum Gasteiger partial charge on any atom is 0.251 e. The quantitative estimate of drug-likeness (QED) is 0.286. The van der Waals surface area contributed by atoms with Gasteiger partial charge in [-0.2, -0.15) is 0 Å². The van der Waals surface area contributed by atoms with Gasteiger partial charge in [0, 0.05) is 23.2 Å². The van der Waals surface area contributed by atoms with Crippen molar-refractivity contribution in [3.8, 4) is 22.6 Å². The summed E-state index contributed by atoms with van der Waals surface area (Å²) in [5, 5.41) is 6.02. The van der Waals surface area contributed by atoms with Crippen LogP contribution in [-0.4, -0.2) is 26.0 Å². The molecular weight excluding hydrogens is 476 g/mol. The second kappa shape index (κ2) is 12.1. The molecule has 0 aliphatic carbocycles. The highest BCUT2D eigenvalue weighted by Crippen LogP contribution is 2.32. The van der Waals surface area contributed by atoms with Crippen molar-refractivity contribution < 1.29 is 19.1 Å². The van der Waals surface area contributed by atoms with Crippen molar-refractivity contribution in [3.63, 3.8) is 0 Å². The van der Waals surface area contributed by atoms with E-state index in [2.05, 4.69) is 10.6 Å². The molecule has 1 unspecified atom stereocenters. The van der Waals surface area contributed by atoms with Crippen LogP contribution in [0, 0.1) is 6.92 Å². The smallest absolute Gasteiger partial charge is 0.251 e. The van der Waals surface area contributed by atoms with Gasteiger partial charge in [0.05, 0.1) is 20.3 Å². The fourth-order valence-corrected chi connectivity index (χ4v) is 4.34. The molecular formula is C32H32N2O4. The first kappa shape index (κ1) is 26.5. The first-order chi connectivity index (χ1) is 18.4. The number of carbonyl (C=O) groups is 2. The van der Waals surface area contributed by atoms with Crippen molar-refractivity contribution in [3.05, 3.63) is 119 Å². The van der Waals surface area contributed by atoms with E-state index in [4.69, 9.17) is 9.47 Å². The third-order valence-corrected chi connectivity index (χ3v) is 6.57. The molecule has 0 saturated carbocycles. The Kier molecular flexibility index (Phi) is 8.44. The number of benzene rings is 4. The molecule has 0 aliphatic heterocycles. The van der Waals surface area contributed by atoms with Crippen LogP contribution in [0.5, 0.6) is 11.5 Å². The van der Waals surface area contributed by atoms with E-state index in [1.807, 2.05) is 92.7 Å². The van der Waals surface area contributed by atoms with Crippen LogP contribution < -0.4 is 20.1 Å². The van der Waals surface area contributed by atoms with Crippen LogP contribution in [0.1, 0.15) is 50.4 Å². The molecule has 4 rings (SSSR count). The summed E-state index contributed by atoms with van der Waals surface area (Å²) in [6.45, 7) is 4.16. The molecule has 38 heavy (non-hydrogen) atoms. The Hall–Kier alpha value is -4.58. The largest absolute Gasteiger partial charge is 0.493 e. The second-order valence-corrected chi connectivity index (χ2v) is 9.04. The topological polar surface area (TPSA) is 76.7 Å². The number of carbonyl (C=O) groups excluding carboxylic acids is 2. The lowest BCUT2D eigenvalue weighted by atomic mass is 10.0. The number of amides is 2. The van der Waals surface area contributed by atoms with Gasteiger partial charge < -0.3 is 20.1 Å². The van der Waals surface area contributed by atoms with Gasteiger partial charge in [0.15, 0.2) is 11.5 Å². The maximum atomic E-state index is 12.8. The fraction of sp³-hybridized carbons (Fsp3) is 0.188. The van der Waals surface area contributed by atoms with E-state index in [1.54, 1.807) is 26.4 Å². The van der Waals surface area contributed by atoms with E-state index in [-0.39, 0.29) is 17.9 Å². The molecule has 0 aliphatic rings. The SMILES string of the molecule is COc1ccc(C(=O)NCc2ccc(C(C)NC(=O)c3ccc(-c4ccccc4)cc3)cc2)c(C)c1OC. The molecule has 1 atom stereocenters. The minimum absolute atomic E-state index is 0.126. The van der Waals surface area contributed by atoms with E-state index in [1.165, 1.54) is 0 Å². The zero-order valence-corrected chi connectivity index (χ0v) is 22.1. The average molecular weight is 509 g/mol. The zero-order valence-electron chi connectivity index (χ0n) is 22.1. The minimum atomic E-state index is -0.188. The van der Waals surface area contributed by atoms with E-state index in [0.29, 0.717) is 29.2 Å². The summed E-state index contributed by atoms with van der Waals surface area (Å²) >= 11 is 0. The molecule has 0 heterocycles. The molecule has 0 radical (unpaired) electrons. The lowest BCUT2D eigenvalue weighted by Gasteiger charge is -2.16. The van der Waals surface area contributed by atoms with Gasteiger partial charge in [0.2, 0.25) is 0 Å². The lowest BCUT2D eigenvalue weighted by molar-refractivity contribution is 0.0935. The van der Waals surface area contributed by atoms with Crippen molar-refractivity contribution in [2.45, 2.75) is 26.4 Å². The van der Waals surface area contributed by atoms with Crippen LogP contribution in [0.3, 0.4) is 0 Å². The summed E-state index contributed by atoms with van der Waals surface area (Å²) in [5.74, 6) is 0.820. The number of rotatable bonds is 9. The Morgan fingerprint density at radius 3 is 2.05 bits per heavy atom. The van der Waals surface area contributed by atoms with Crippen LogP contribution >= 0.6 is 0 Å². The molecule has 0 saturated heterocycles. The van der Waals surface area contributed by atoms with Crippen LogP contribution in [-0.2, 0) is 6.54 Å². The normalized spacial score (nSPS) is 11.4. The Labute approximate surface area is 223 Å². The maximum absolute atomic E-state index is 12.8. The minimum Gasteiger partial charge on any atom is -0.493 e. The molecule has 0 aromatic heterocycles. The number of nitrogens with one attached hydrogen (secondary N) is 2. The first-order valence-corrected chi connectivity index (χ1v) is 12.5. The highest BCUT2D eigenvalue weighted by atomic mass is 16.5. The molecule has 0 fully saturated rings. The van der Waals surface area contributed by atoms with E-state index >= 15 is 0 Å². The Balaban J connectivity index is 1.33. The van der Waals surface area contributed by atoms with E-state index < -0.39 is 0 Å². The standard InChI is InChI=1S/C32H32N2O4/c1-21-28(18-19-29(37-3)30(21)38-4)32(36)33-20-23-10-12-24(13-11-23)22(2)34-31(35)27-16-14-26(15-17-27)25-8-6-5-7-9-25/h5-19,22H,20H2,1-4H3,(H,33,36)(H,34,35). The number of methoxy groups -OCH3 is 2. The highest BCUT2D eigenvalue weighted by molar-refractivity contribution is 5.96. The summed E-state index contributed by atoms with van der Waals surface area (Å²) < 4.78 is 10.7. The third kappa shape index (κ3) is 6.03. The van der Waals surface area contributed by atoms with Gasteiger partial charge in [0.1, 0.15) is 0 Å². The summed E-state index contributed by atoms with van der Waals surface area (Å²) in [4.78, 5) is 25.6. The predicted molar refractivity (Wildman–Crippen MR) is 150 cm³/mol. The second-order valence-electron chi connectivity index (χ2n) is 9.04.